The number of halogens is 2. The first-order valence-electron chi connectivity index (χ1n) is 11.2. The lowest BCUT2D eigenvalue weighted by Gasteiger charge is -2.51. The van der Waals surface area contributed by atoms with Crippen LogP contribution in [0.5, 0.6) is 0 Å². The molecule has 0 amide bonds. The highest BCUT2D eigenvalue weighted by Gasteiger charge is 2.43. The number of benzene rings is 3. The molecule has 0 aromatic heterocycles. The van der Waals surface area contributed by atoms with E-state index < -0.39 is 0 Å². The van der Waals surface area contributed by atoms with Gasteiger partial charge in [0.15, 0.2) is 5.78 Å². The van der Waals surface area contributed by atoms with E-state index in [0.29, 0.717) is 18.0 Å². The molecule has 0 radical (unpaired) electrons. The van der Waals surface area contributed by atoms with E-state index in [4.69, 9.17) is 11.6 Å². The molecule has 0 saturated carbocycles. The van der Waals surface area contributed by atoms with Gasteiger partial charge in [-0.3, -0.25) is 4.79 Å². The fraction of sp³-hybridized carbons (Fsp3) is 0.250. The van der Waals surface area contributed by atoms with E-state index in [0.717, 1.165) is 33.5 Å². The predicted octanol–water partition coefficient (Wildman–Crippen LogP) is 7.77. The van der Waals surface area contributed by atoms with Gasteiger partial charge in [-0.1, -0.05) is 71.7 Å². The molecule has 5 rings (SSSR count). The van der Waals surface area contributed by atoms with Crippen molar-refractivity contribution < 1.29 is 4.79 Å². The molecule has 0 saturated heterocycles. The minimum Gasteiger partial charge on any atom is -0.342 e. The summed E-state index contributed by atoms with van der Waals surface area (Å²) in [5, 5.41) is 0.700. The molecular weight excluding hydrogens is 496 g/mol. The number of anilines is 2. The predicted molar refractivity (Wildman–Crippen MR) is 140 cm³/mol. The highest BCUT2D eigenvalue weighted by molar-refractivity contribution is 9.10. The number of carbonyl (C=O) groups excluding carboxylic acids is 1. The zero-order valence-electron chi connectivity index (χ0n) is 18.8. The number of para-hydroxylation sites is 1. The number of Topliss-reactive ketones (excluding diaryl/α,β-unsaturated/α-hetero) is 1. The average Bonchev–Trinajstić information content (AvgIpc) is 2.79. The van der Waals surface area contributed by atoms with Crippen LogP contribution in [0.25, 0.3) is 0 Å². The van der Waals surface area contributed by atoms with Gasteiger partial charge in [0, 0.05) is 38.6 Å². The normalized spacial score (nSPS) is 20.1. The zero-order chi connectivity index (χ0) is 23.2. The van der Waals surface area contributed by atoms with E-state index in [1.54, 1.807) is 0 Å². The Morgan fingerprint density at radius 3 is 2.21 bits per heavy atom. The Balaban J connectivity index is 1.75. The summed E-state index contributed by atoms with van der Waals surface area (Å²) in [5.41, 5.74) is 5.27. The van der Waals surface area contributed by atoms with E-state index in [9.17, 15) is 4.79 Å². The van der Waals surface area contributed by atoms with Gasteiger partial charge in [0.05, 0.1) is 6.54 Å². The van der Waals surface area contributed by atoms with Crippen molar-refractivity contribution in [3.8, 4) is 0 Å². The molecular formula is C28H26BrClN2O. The smallest absolute Gasteiger partial charge is 0.162 e. The van der Waals surface area contributed by atoms with Crippen LogP contribution in [0.1, 0.15) is 38.4 Å². The number of nitrogens with zero attached hydrogens (tertiary/aromatic N) is 2. The first-order chi connectivity index (χ1) is 15.8. The molecule has 0 fully saturated rings. The van der Waals surface area contributed by atoms with Crippen LogP contribution < -0.4 is 9.80 Å². The summed E-state index contributed by atoms with van der Waals surface area (Å²) in [6.07, 6.45) is 1.35. The van der Waals surface area contributed by atoms with Crippen molar-refractivity contribution in [1.29, 1.82) is 0 Å². The van der Waals surface area contributed by atoms with Crippen LogP contribution in [-0.2, 0) is 4.79 Å². The molecule has 1 heterocycles. The van der Waals surface area contributed by atoms with E-state index in [1.807, 2.05) is 30.3 Å². The molecule has 1 aliphatic carbocycles. The van der Waals surface area contributed by atoms with Crippen molar-refractivity contribution in [2.45, 2.75) is 32.9 Å². The molecule has 33 heavy (non-hydrogen) atoms. The maximum atomic E-state index is 13.4. The van der Waals surface area contributed by atoms with Gasteiger partial charge in [0.25, 0.3) is 0 Å². The maximum absolute atomic E-state index is 13.4. The first-order valence-corrected chi connectivity index (χ1v) is 12.4. The third-order valence-electron chi connectivity index (χ3n) is 6.49. The summed E-state index contributed by atoms with van der Waals surface area (Å²) in [5.74, 6) is 0.246. The Labute approximate surface area is 208 Å². The number of hydrogen-bond acceptors (Lipinski definition) is 3. The second-order valence-corrected chi connectivity index (χ2v) is 11.0. The Morgan fingerprint density at radius 2 is 1.55 bits per heavy atom. The van der Waals surface area contributed by atoms with Crippen LogP contribution in [0.3, 0.4) is 0 Å². The average molecular weight is 522 g/mol. The van der Waals surface area contributed by atoms with Crippen LogP contribution in [-0.4, -0.2) is 12.3 Å². The van der Waals surface area contributed by atoms with Gasteiger partial charge >= 0.3 is 0 Å². The van der Waals surface area contributed by atoms with Crippen molar-refractivity contribution in [3.05, 3.63) is 105 Å². The number of hydrogen-bond donors (Lipinski definition) is 0. The molecule has 3 nitrogen and oxygen atoms in total. The minimum atomic E-state index is -0.0953. The van der Waals surface area contributed by atoms with Crippen LogP contribution in [0, 0.1) is 5.41 Å². The molecule has 3 aromatic carbocycles. The molecule has 0 spiro atoms. The highest BCUT2D eigenvalue weighted by atomic mass is 79.9. The summed E-state index contributed by atoms with van der Waals surface area (Å²) in [4.78, 5) is 18.1. The van der Waals surface area contributed by atoms with Crippen LogP contribution in [0.4, 0.5) is 11.4 Å². The molecule has 1 aliphatic heterocycles. The molecule has 2 aliphatic rings. The largest absolute Gasteiger partial charge is 0.342 e. The van der Waals surface area contributed by atoms with Crippen molar-refractivity contribution in [1.82, 2.24) is 0 Å². The fourth-order valence-electron chi connectivity index (χ4n) is 4.99. The SMILES string of the molecule is CC1(C)CC(=O)C2=C(C1)N(c1ccccc1)C(c1ccc(Br)cc1)N(c1ccc(Cl)cc1)C2. The summed E-state index contributed by atoms with van der Waals surface area (Å²) in [7, 11) is 0. The van der Waals surface area contributed by atoms with Gasteiger partial charge in [-0.2, -0.15) is 0 Å². The van der Waals surface area contributed by atoms with Gasteiger partial charge in [-0.25, -0.2) is 0 Å². The molecule has 0 N–H and O–H groups in total. The van der Waals surface area contributed by atoms with Crippen LogP contribution in [0.15, 0.2) is 94.6 Å². The molecule has 168 valence electrons. The Hall–Kier alpha value is -2.56. The number of rotatable bonds is 3. The Kier molecular flexibility index (Phi) is 5.84. The van der Waals surface area contributed by atoms with E-state index in [1.165, 1.54) is 5.56 Å². The molecule has 3 aromatic rings. The maximum Gasteiger partial charge on any atom is 0.162 e. The van der Waals surface area contributed by atoms with Gasteiger partial charge in [-0.05, 0) is 65.9 Å². The lowest BCUT2D eigenvalue weighted by atomic mass is 9.74. The highest BCUT2D eigenvalue weighted by Crippen LogP contribution is 2.48. The van der Waals surface area contributed by atoms with Gasteiger partial charge < -0.3 is 9.80 Å². The van der Waals surface area contributed by atoms with Gasteiger partial charge in [0.1, 0.15) is 6.17 Å². The summed E-state index contributed by atoms with van der Waals surface area (Å²) in [6.45, 7) is 4.96. The number of allylic oxidation sites excluding steroid dienone is 1. The molecule has 1 unspecified atom stereocenters. The minimum absolute atomic E-state index is 0.0738. The lowest BCUT2D eigenvalue weighted by molar-refractivity contribution is -0.118. The standard InChI is InChI=1S/C28H26BrClN2O/c1-28(2)16-25-24(26(33)17-28)18-31(22-14-12-21(30)13-15-22)27(19-8-10-20(29)11-9-19)32(25)23-6-4-3-5-7-23/h3-15,27H,16-18H2,1-2H3. The third-order valence-corrected chi connectivity index (χ3v) is 7.27. The Morgan fingerprint density at radius 1 is 0.879 bits per heavy atom. The lowest BCUT2D eigenvalue weighted by Crippen LogP contribution is -2.51. The van der Waals surface area contributed by atoms with E-state index >= 15 is 0 Å². The number of ketones is 1. The van der Waals surface area contributed by atoms with Crippen LogP contribution in [0.2, 0.25) is 5.02 Å². The van der Waals surface area contributed by atoms with Gasteiger partial charge in [-0.15, -0.1) is 0 Å². The molecule has 1 atom stereocenters. The van der Waals surface area contributed by atoms with Crippen molar-refractivity contribution in [2.75, 3.05) is 16.3 Å². The van der Waals surface area contributed by atoms with Crippen molar-refractivity contribution in [2.24, 2.45) is 5.41 Å². The summed E-state index contributed by atoms with van der Waals surface area (Å²) < 4.78 is 1.04. The van der Waals surface area contributed by atoms with Gasteiger partial charge in [0.2, 0.25) is 0 Å². The second kappa shape index (κ2) is 8.66. The topological polar surface area (TPSA) is 23.6 Å². The summed E-state index contributed by atoms with van der Waals surface area (Å²) >= 11 is 9.79. The second-order valence-electron chi connectivity index (χ2n) is 9.60. The fourth-order valence-corrected chi connectivity index (χ4v) is 5.38. The van der Waals surface area contributed by atoms with Crippen LogP contribution >= 0.6 is 27.5 Å². The summed E-state index contributed by atoms with van der Waals surface area (Å²) in [6, 6.07) is 26.8. The first kappa shape index (κ1) is 22.2. The van der Waals surface area contributed by atoms with E-state index in [-0.39, 0.29) is 17.4 Å². The zero-order valence-corrected chi connectivity index (χ0v) is 21.1. The Bertz CT molecular complexity index is 1200. The molecule has 5 heteroatoms. The van der Waals surface area contributed by atoms with Crippen molar-refractivity contribution >= 4 is 44.7 Å². The van der Waals surface area contributed by atoms with Crippen molar-refractivity contribution in [3.63, 3.8) is 0 Å². The van der Waals surface area contributed by atoms with E-state index in [2.05, 4.69) is 88.1 Å². The monoisotopic (exact) mass is 520 g/mol. The quantitative estimate of drug-likeness (QED) is 0.352. The third kappa shape index (κ3) is 4.34. The molecule has 0 bridgehead atoms. The number of carbonyl (C=O) groups is 1.